The highest BCUT2D eigenvalue weighted by Crippen LogP contribution is 2.13. The van der Waals surface area contributed by atoms with Gasteiger partial charge in [0.15, 0.2) is 0 Å². The topological polar surface area (TPSA) is 92.9 Å². The lowest BCUT2D eigenvalue weighted by molar-refractivity contribution is 0.0951. The smallest absolute Gasteiger partial charge is 0.326 e. The molecule has 6 nitrogen and oxygen atoms in total. The third-order valence-electron chi connectivity index (χ3n) is 3.69. The van der Waals surface area contributed by atoms with E-state index in [-0.39, 0.29) is 11.6 Å². The summed E-state index contributed by atoms with van der Waals surface area (Å²) in [6.07, 6.45) is 0. The number of carbonyl (C=O) groups is 1. The summed E-state index contributed by atoms with van der Waals surface area (Å²) in [7, 11) is 0. The van der Waals surface area contributed by atoms with Crippen molar-refractivity contribution in [2.75, 3.05) is 6.54 Å². The summed E-state index contributed by atoms with van der Waals surface area (Å²) in [5, 5.41) is 2.88. The molecule has 1 heterocycles. The minimum atomic E-state index is -0.215. The number of hydrogen-bond donors (Lipinski definition) is 3. The Hall–Kier alpha value is -2.86. The third-order valence-corrected chi connectivity index (χ3v) is 3.69. The standard InChI is InChI=1S/C17H18N4O2/c18-8-9-21-15-10-13(6-7-14(15)20-17(21)23)16(22)19-11-12-4-2-1-3-5-12/h1-7,10H,8-9,11,18H2,(H,19,22)(H,20,23). The Labute approximate surface area is 132 Å². The van der Waals surface area contributed by atoms with Crippen LogP contribution in [0.2, 0.25) is 0 Å². The van der Waals surface area contributed by atoms with Crippen LogP contribution < -0.4 is 16.7 Å². The van der Waals surface area contributed by atoms with Crippen molar-refractivity contribution in [3.8, 4) is 0 Å². The Morgan fingerprint density at radius 1 is 1.17 bits per heavy atom. The van der Waals surface area contributed by atoms with Gasteiger partial charge in [0.25, 0.3) is 5.91 Å². The van der Waals surface area contributed by atoms with Gasteiger partial charge in [-0.05, 0) is 23.8 Å². The van der Waals surface area contributed by atoms with Gasteiger partial charge in [-0.15, -0.1) is 0 Å². The van der Waals surface area contributed by atoms with E-state index >= 15 is 0 Å². The predicted molar refractivity (Wildman–Crippen MR) is 89.2 cm³/mol. The van der Waals surface area contributed by atoms with Gasteiger partial charge in [0.2, 0.25) is 0 Å². The van der Waals surface area contributed by atoms with E-state index in [1.807, 2.05) is 30.3 Å². The number of rotatable bonds is 5. The first kappa shape index (κ1) is 15.1. The molecule has 0 aliphatic heterocycles. The quantitative estimate of drug-likeness (QED) is 0.661. The van der Waals surface area contributed by atoms with Gasteiger partial charge in [0.05, 0.1) is 11.0 Å². The molecule has 0 atom stereocenters. The van der Waals surface area contributed by atoms with E-state index in [1.165, 1.54) is 0 Å². The van der Waals surface area contributed by atoms with Crippen LogP contribution in [0.15, 0.2) is 53.3 Å². The zero-order valence-electron chi connectivity index (χ0n) is 12.6. The molecule has 0 saturated heterocycles. The largest absolute Gasteiger partial charge is 0.348 e. The van der Waals surface area contributed by atoms with Gasteiger partial charge in [-0.1, -0.05) is 30.3 Å². The fourth-order valence-electron chi connectivity index (χ4n) is 2.53. The normalized spacial score (nSPS) is 10.8. The summed E-state index contributed by atoms with van der Waals surface area (Å²) in [5.41, 5.74) is 8.25. The monoisotopic (exact) mass is 310 g/mol. The van der Waals surface area contributed by atoms with E-state index in [4.69, 9.17) is 5.73 Å². The summed E-state index contributed by atoms with van der Waals surface area (Å²) < 4.78 is 1.54. The maximum absolute atomic E-state index is 12.3. The molecule has 118 valence electrons. The van der Waals surface area contributed by atoms with Crippen LogP contribution in [0.25, 0.3) is 11.0 Å². The molecule has 6 heteroatoms. The number of nitrogens with one attached hydrogen (secondary N) is 2. The van der Waals surface area contributed by atoms with Gasteiger partial charge in [-0.3, -0.25) is 9.36 Å². The molecular formula is C17H18N4O2. The number of amides is 1. The minimum Gasteiger partial charge on any atom is -0.348 e. The van der Waals surface area contributed by atoms with E-state index in [1.54, 1.807) is 22.8 Å². The average molecular weight is 310 g/mol. The van der Waals surface area contributed by atoms with Crippen molar-refractivity contribution in [2.24, 2.45) is 5.73 Å². The van der Waals surface area contributed by atoms with Gasteiger partial charge in [0.1, 0.15) is 0 Å². The molecule has 0 fully saturated rings. The Morgan fingerprint density at radius 3 is 2.70 bits per heavy atom. The van der Waals surface area contributed by atoms with Crippen LogP contribution in [-0.2, 0) is 13.1 Å². The summed E-state index contributed by atoms with van der Waals surface area (Å²) in [4.78, 5) is 26.9. The highest BCUT2D eigenvalue weighted by atomic mass is 16.2. The molecular weight excluding hydrogens is 292 g/mol. The van der Waals surface area contributed by atoms with Gasteiger partial charge in [-0.25, -0.2) is 4.79 Å². The Morgan fingerprint density at radius 2 is 1.96 bits per heavy atom. The van der Waals surface area contributed by atoms with Crippen molar-refractivity contribution in [1.82, 2.24) is 14.9 Å². The van der Waals surface area contributed by atoms with E-state index in [0.29, 0.717) is 36.2 Å². The number of H-pyrrole nitrogens is 1. The highest BCUT2D eigenvalue weighted by Gasteiger charge is 2.11. The molecule has 0 aliphatic rings. The van der Waals surface area contributed by atoms with Crippen LogP contribution in [0.3, 0.4) is 0 Å². The van der Waals surface area contributed by atoms with Gasteiger partial charge < -0.3 is 16.0 Å². The fraction of sp³-hybridized carbons (Fsp3) is 0.176. The lowest BCUT2D eigenvalue weighted by atomic mass is 10.1. The Bertz CT molecular complexity index is 880. The fourth-order valence-corrected chi connectivity index (χ4v) is 2.53. The van der Waals surface area contributed by atoms with Gasteiger partial charge in [-0.2, -0.15) is 0 Å². The second-order valence-corrected chi connectivity index (χ2v) is 5.27. The SMILES string of the molecule is NCCn1c(=O)[nH]c2ccc(C(=O)NCc3ccccc3)cc21. The average Bonchev–Trinajstić information content (AvgIpc) is 2.89. The number of carbonyl (C=O) groups excluding carboxylic acids is 1. The number of nitrogens with two attached hydrogens (primary N) is 1. The maximum Gasteiger partial charge on any atom is 0.326 e. The van der Waals surface area contributed by atoms with Crippen LogP contribution >= 0.6 is 0 Å². The second kappa shape index (κ2) is 6.50. The van der Waals surface area contributed by atoms with E-state index in [2.05, 4.69) is 10.3 Å². The van der Waals surface area contributed by atoms with Crippen LogP contribution in [0.1, 0.15) is 15.9 Å². The molecule has 0 bridgehead atoms. The molecule has 0 aliphatic carbocycles. The van der Waals surface area contributed by atoms with E-state index in [0.717, 1.165) is 5.56 Å². The summed E-state index contributed by atoms with van der Waals surface area (Å²) >= 11 is 0. The molecule has 0 unspecified atom stereocenters. The zero-order chi connectivity index (χ0) is 16.2. The number of benzene rings is 2. The first-order valence-electron chi connectivity index (χ1n) is 7.44. The molecule has 1 amide bonds. The second-order valence-electron chi connectivity index (χ2n) is 5.27. The number of hydrogen-bond acceptors (Lipinski definition) is 3. The molecule has 23 heavy (non-hydrogen) atoms. The van der Waals surface area contributed by atoms with Crippen LogP contribution in [0, 0.1) is 0 Å². The highest BCUT2D eigenvalue weighted by molar-refractivity contribution is 5.97. The maximum atomic E-state index is 12.3. The van der Waals surface area contributed by atoms with Crippen LogP contribution in [0.5, 0.6) is 0 Å². The van der Waals surface area contributed by atoms with Crippen LogP contribution in [0.4, 0.5) is 0 Å². The number of fused-ring (bicyclic) bond motifs is 1. The van der Waals surface area contributed by atoms with Crippen molar-refractivity contribution >= 4 is 16.9 Å². The minimum absolute atomic E-state index is 0.177. The Kier molecular flexibility index (Phi) is 4.25. The number of aromatic amines is 1. The van der Waals surface area contributed by atoms with Crippen molar-refractivity contribution < 1.29 is 4.79 Å². The first-order valence-corrected chi connectivity index (χ1v) is 7.44. The summed E-state index contributed by atoms with van der Waals surface area (Å²) in [6.45, 7) is 1.23. The molecule has 0 saturated carbocycles. The van der Waals surface area contributed by atoms with Crippen molar-refractivity contribution in [2.45, 2.75) is 13.1 Å². The molecule has 3 aromatic rings. The van der Waals surface area contributed by atoms with Crippen LogP contribution in [-0.4, -0.2) is 22.0 Å². The lowest BCUT2D eigenvalue weighted by Crippen LogP contribution is -2.23. The van der Waals surface area contributed by atoms with E-state index < -0.39 is 0 Å². The van der Waals surface area contributed by atoms with E-state index in [9.17, 15) is 9.59 Å². The van der Waals surface area contributed by atoms with Gasteiger partial charge >= 0.3 is 5.69 Å². The molecule has 4 N–H and O–H groups in total. The number of nitrogens with zero attached hydrogens (tertiary/aromatic N) is 1. The van der Waals surface area contributed by atoms with Gasteiger partial charge in [0, 0.05) is 25.2 Å². The predicted octanol–water partition coefficient (Wildman–Crippen LogP) is 1.22. The molecule has 1 aromatic heterocycles. The number of aromatic nitrogens is 2. The summed E-state index contributed by atoms with van der Waals surface area (Å²) in [5.74, 6) is -0.177. The molecule has 2 aromatic carbocycles. The first-order chi connectivity index (χ1) is 11.2. The number of imidazole rings is 1. The van der Waals surface area contributed by atoms with Crippen molar-refractivity contribution in [3.05, 3.63) is 70.1 Å². The third kappa shape index (κ3) is 3.17. The van der Waals surface area contributed by atoms with Crippen molar-refractivity contribution in [1.29, 1.82) is 0 Å². The van der Waals surface area contributed by atoms with Crippen molar-refractivity contribution in [3.63, 3.8) is 0 Å². The lowest BCUT2D eigenvalue weighted by Gasteiger charge is -2.06. The molecule has 3 rings (SSSR count). The molecule has 0 radical (unpaired) electrons. The zero-order valence-corrected chi connectivity index (χ0v) is 12.6. The molecule has 0 spiro atoms. The Balaban J connectivity index is 1.83. The summed E-state index contributed by atoms with van der Waals surface area (Å²) in [6, 6.07) is 14.8.